The summed E-state index contributed by atoms with van der Waals surface area (Å²) in [7, 11) is -0.468. The Morgan fingerprint density at radius 1 is 0.686 bits per heavy atom. The van der Waals surface area contributed by atoms with Crippen molar-refractivity contribution in [3.63, 3.8) is 0 Å². The van der Waals surface area contributed by atoms with Crippen LogP contribution in [0.25, 0.3) is 33.9 Å². The first-order valence-electron chi connectivity index (χ1n) is 11.7. The zero-order valence-corrected chi connectivity index (χ0v) is 20.3. The van der Waals surface area contributed by atoms with E-state index in [1.807, 2.05) is 107 Å². The normalized spacial score (nSPS) is 16.1. The molecule has 0 saturated carbocycles. The van der Waals surface area contributed by atoms with Crippen molar-refractivity contribution in [2.24, 2.45) is 0 Å². The van der Waals surface area contributed by atoms with Gasteiger partial charge < -0.3 is 9.31 Å². The van der Waals surface area contributed by atoms with Gasteiger partial charge in [0, 0.05) is 16.7 Å². The molecule has 35 heavy (non-hydrogen) atoms. The van der Waals surface area contributed by atoms with Gasteiger partial charge in [-0.25, -0.2) is 9.97 Å². The first-order valence-corrected chi connectivity index (χ1v) is 11.7. The lowest BCUT2D eigenvalue weighted by Gasteiger charge is -2.32. The number of benzene rings is 3. The van der Waals surface area contributed by atoms with Crippen LogP contribution in [0.15, 0.2) is 84.9 Å². The minimum Gasteiger partial charge on any atom is -0.399 e. The quantitative estimate of drug-likeness (QED) is 0.369. The maximum atomic E-state index is 9.38. The van der Waals surface area contributed by atoms with Crippen LogP contribution in [-0.4, -0.2) is 28.3 Å². The lowest BCUT2D eigenvalue weighted by atomic mass is 9.78. The van der Waals surface area contributed by atoms with Gasteiger partial charge in [0.05, 0.1) is 34.2 Å². The maximum Gasteiger partial charge on any atom is 0.494 e. The second kappa shape index (κ2) is 8.77. The van der Waals surface area contributed by atoms with Gasteiger partial charge in [-0.1, -0.05) is 66.7 Å². The molecule has 0 spiro atoms. The predicted molar refractivity (Wildman–Crippen MR) is 139 cm³/mol. The van der Waals surface area contributed by atoms with Crippen LogP contribution in [0.5, 0.6) is 0 Å². The molecule has 0 atom stereocenters. The van der Waals surface area contributed by atoms with Crippen LogP contribution in [0.2, 0.25) is 0 Å². The van der Waals surface area contributed by atoms with Gasteiger partial charge in [0.1, 0.15) is 0 Å². The SMILES string of the molecule is CC1(C)OB(c2cccc(-c3nc(-c4ccccc4)cc(-c4cccc(C#N)c4)n3)c2)OC1(C)C. The molecule has 0 amide bonds. The van der Waals surface area contributed by atoms with Crippen molar-refractivity contribution in [1.29, 1.82) is 5.26 Å². The molecule has 0 unspecified atom stereocenters. The molecule has 1 aromatic heterocycles. The summed E-state index contributed by atoms with van der Waals surface area (Å²) in [6, 6.07) is 29.7. The van der Waals surface area contributed by atoms with Gasteiger partial charge in [-0.15, -0.1) is 0 Å². The van der Waals surface area contributed by atoms with Crippen molar-refractivity contribution < 1.29 is 9.31 Å². The highest BCUT2D eigenvalue weighted by Gasteiger charge is 2.51. The minimum atomic E-state index is -0.468. The van der Waals surface area contributed by atoms with Gasteiger partial charge in [0.2, 0.25) is 0 Å². The van der Waals surface area contributed by atoms with E-state index >= 15 is 0 Å². The molecule has 1 aliphatic heterocycles. The number of nitrogens with zero attached hydrogens (tertiary/aromatic N) is 3. The predicted octanol–water partition coefficient (Wildman–Crippen LogP) is 5.65. The Hall–Kier alpha value is -3.79. The van der Waals surface area contributed by atoms with Crippen LogP contribution in [0.1, 0.15) is 33.3 Å². The van der Waals surface area contributed by atoms with Crippen LogP contribution in [0.4, 0.5) is 0 Å². The number of nitriles is 1. The number of rotatable bonds is 4. The smallest absolute Gasteiger partial charge is 0.399 e. The van der Waals surface area contributed by atoms with E-state index in [2.05, 4.69) is 6.07 Å². The van der Waals surface area contributed by atoms with Gasteiger partial charge in [-0.05, 0) is 51.4 Å². The summed E-state index contributed by atoms with van der Waals surface area (Å²) < 4.78 is 12.5. The number of hydrogen-bond donors (Lipinski definition) is 0. The molecular formula is C29H26BN3O2. The van der Waals surface area contributed by atoms with Crippen LogP contribution < -0.4 is 5.46 Å². The third-order valence-electron chi connectivity index (χ3n) is 6.75. The molecule has 1 saturated heterocycles. The fraction of sp³-hybridized carbons (Fsp3) is 0.207. The lowest BCUT2D eigenvalue weighted by Crippen LogP contribution is -2.41. The Bertz CT molecular complexity index is 1410. The monoisotopic (exact) mass is 459 g/mol. The molecule has 3 aromatic carbocycles. The van der Waals surface area contributed by atoms with Gasteiger partial charge >= 0.3 is 7.12 Å². The average Bonchev–Trinajstić information content (AvgIpc) is 3.11. The summed E-state index contributed by atoms with van der Waals surface area (Å²) >= 11 is 0. The molecule has 0 N–H and O–H groups in total. The Kier molecular flexibility index (Phi) is 5.76. The summed E-state index contributed by atoms with van der Waals surface area (Å²) in [6.45, 7) is 8.19. The highest BCUT2D eigenvalue weighted by Crippen LogP contribution is 2.36. The van der Waals surface area contributed by atoms with Crippen molar-refractivity contribution in [2.45, 2.75) is 38.9 Å². The van der Waals surface area contributed by atoms with E-state index in [1.54, 1.807) is 6.07 Å². The largest absolute Gasteiger partial charge is 0.494 e. The van der Waals surface area contributed by atoms with E-state index in [0.29, 0.717) is 11.4 Å². The highest BCUT2D eigenvalue weighted by molar-refractivity contribution is 6.62. The molecule has 0 bridgehead atoms. The third-order valence-corrected chi connectivity index (χ3v) is 6.75. The van der Waals surface area contributed by atoms with E-state index in [1.165, 1.54) is 0 Å². The molecular weight excluding hydrogens is 433 g/mol. The van der Waals surface area contributed by atoms with E-state index in [9.17, 15) is 5.26 Å². The summed E-state index contributed by atoms with van der Waals surface area (Å²) in [5.74, 6) is 0.599. The lowest BCUT2D eigenvalue weighted by molar-refractivity contribution is 0.00578. The minimum absolute atomic E-state index is 0.420. The fourth-order valence-corrected chi connectivity index (χ4v) is 4.03. The standard InChI is InChI=1S/C29H26BN3O2/c1-28(2)29(3,4)35-30(34-28)24-15-9-14-23(17-24)27-32-25(21-11-6-5-7-12-21)18-26(33-27)22-13-8-10-20(16-22)19-31/h5-18H,1-4H3. The fourth-order valence-electron chi connectivity index (χ4n) is 4.03. The number of hydrogen-bond acceptors (Lipinski definition) is 5. The molecule has 4 aromatic rings. The van der Waals surface area contributed by atoms with Crippen molar-refractivity contribution in [2.75, 3.05) is 0 Å². The van der Waals surface area contributed by atoms with E-state index in [4.69, 9.17) is 19.3 Å². The summed E-state index contributed by atoms with van der Waals surface area (Å²) in [5.41, 5.74) is 4.97. The van der Waals surface area contributed by atoms with Gasteiger partial charge in [-0.3, -0.25) is 0 Å². The van der Waals surface area contributed by atoms with Crippen LogP contribution in [0, 0.1) is 11.3 Å². The molecule has 1 fully saturated rings. The topological polar surface area (TPSA) is 68.0 Å². The molecule has 6 heteroatoms. The van der Waals surface area contributed by atoms with Crippen molar-refractivity contribution >= 4 is 12.6 Å². The molecule has 1 aliphatic rings. The van der Waals surface area contributed by atoms with E-state index in [0.717, 1.165) is 33.5 Å². The van der Waals surface area contributed by atoms with Crippen LogP contribution in [0.3, 0.4) is 0 Å². The van der Waals surface area contributed by atoms with Gasteiger partial charge in [-0.2, -0.15) is 5.26 Å². The maximum absolute atomic E-state index is 9.38. The van der Waals surface area contributed by atoms with Gasteiger partial charge in [0.15, 0.2) is 5.82 Å². The van der Waals surface area contributed by atoms with E-state index < -0.39 is 18.3 Å². The Morgan fingerprint density at radius 2 is 1.29 bits per heavy atom. The van der Waals surface area contributed by atoms with Crippen molar-refractivity contribution in [3.8, 4) is 40.0 Å². The van der Waals surface area contributed by atoms with Crippen LogP contribution in [-0.2, 0) is 9.31 Å². The Balaban J connectivity index is 1.61. The zero-order chi connectivity index (χ0) is 24.6. The molecule has 5 nitrogen and oxygen atoms in total. The summed E-state index contributed by atoms with van der Waals surface area (Å²) in [6.07, 6.45) is 0. The number of aromatic nitrogens is 2. The zero-order valence-electron chi connectivity index (χ0n) is 20.3. The molecule has 0 aliphatic carbocycles. The summed E-state index contributed by atoms with van der Waals surface area (Å²) in [5, 5.41) is 9.38. The summed E-state index contributed by atoms with van der Waals surface area (Å²) in [4.78, 5) is 9.81. The van der Waals surface area contributed by atoms with Gasteiger partial charge in [0.25, 0.3) is 0 Å². The van der Waals surface area contributed by atoms with Crippen molar-refractivity contribution in [3.05, 3.63) is 90.5 Å². The molecule has 2 heterocycles. The first-order chi connectivity index (χ1) is 16.8. The first kappa shape index (κ1) is 23.0. The Morgan fingerprint density at radius 3 is 1.97 bits per heavy atom. The average molecular weight is 459 g/mol. The van der Waals surface area contributed by atoms with E-state index in [-0.39, 0.29) is 0 Å². The molecule has 172 valence electrons. The second-order valence-corrected chi connectivity index (χ2v) is 9.73. The second-order valence-electron chi connectivity index (χ2n) is 9.73. The van der Waals surface area contributed by atoms with Crippen LogP contribution >= 0.6 is 0 Å². The molecule has 0 radical (unpaired) electrons. The highest BCUT2D eigenvalue weighted by atomic mass is 16.7. The van der Waals surface area contributed by atoms with Crippen molar-refractivity contribution in [1.82, 2.24) is 9.97 Å². The Labute approximate surface area is 206 Å². The molecule has 5 rings (SSSR count). The third kappa shape index (κ3) is 4.49.